The van der Waals surface area contributed by atoms with Crippen LogP contribution in [0, 0.1) is 11.8 Å². The van der Waals surface area contributed by atoms with E-state index in [2.05, 4.69) is 40.9 Å². The van der Waals surface area contributed by atoms with Crippen molar-refractivity contribution in [1.29, 1.82) is 0 Å². The number of hydrogen-bond acceptors (Lipinski definition) is 6. The highest BCUT2D eigenvalue weighted by Crippen LogP contribution is 2.49. The average Bonchev–Trinajstić information content (AvgIpc) is 3.21. The first-order chi connectivity index (χ1) is 27.1. The van der Waals surface area contributed by atoms with E-state index in [0.29, 0.717) is 73.3 Å². The fourth-order valence-electron chi connectivity index (χ4n) is 8.95. The first-order valence-electron chi connectivity index (χ1n) is 20.3. The summed E-state index contributed by atoms with van der Waals surface area (Å²) in [6.45, 7) is 16.8. The molecule has 9 heteroatoms. The fourth-order valence-corrected chi connectivity index (χ4v) is 8.95. The summed E-state index contributed by atoms with van der Waals surface area (Å²) in [4.78, 5) is 75.7. The molecule has 9 nitrogen and oxygen atoms in total. The summed E-state index contributed by atoms with van der Waals surface area (Å²) in [6.07, 6.45) is 10.1. The van der Waals surface area contributed by atoms with E-state index in [1.54, 1.807) is 30.3 Å². The van der Waals surface area contributed by atoms with Gasteiger partial charge in [-0.15, -0.1) is 6.58 Å². The lowest BCUT2D eigenvalue weighted by Crippen LogP contribution is -2.43. The zero-order valence-corrected chi connectivity index (χ0v) is 33.0. The summed E-state index contributed by atoms with van der Waals surface area (Å²) in [6, 6.07) is 12.8. The predicted molar refractivity (Wildman–Crippen MR) is 224 cm³/mol. The molecule has 0 saturated heterocycles. The van der Waals surface area contributed by atoms with E-state index in [-0.39, 0.29) is 42.7 Å². The van der Waals surface area contributed by atoms with Crippen molar-refractivity contribution >= 4 is 78.5 Å². The van der Waals surface area contributed by atoms with Crippen molar-refractivity contribution < 1.29 is 28.7 Å². The summed E-state index contributed by atoms with van der Waals surface area (Å²) >= 11 is 0. The lowest BCUT2D eigenvalue weighted by Gasteiger charge is -2.33. The van der Waals surface area contributed by atoms with E-state index in [1.165, 1.54) is 20.8 Å². The van der Waals surface area contributed by atoms with Gasteiger partial charge in [0.2, 0.25) is 0 Å². The van der Waals surface area contributed by atoms with Crippen molar-refractivity contribution in [3.8, 4) is 0 Å². The molecule has 0 saturated carbocycles. The molecule has 0 N–H and O–H groups in total. The molecular formula is C47H51N3O6. The van der Waals surface area contributed by atoms with E-state index in [4.69, 9.17) is 4.74 Å². The quantitative estimate of drug-likeness (QED) is 0.0405. The van der Waals surface area contributed by atoms with Crippen LogP contribution < -0.4 is 4.90 Å². The summed E-state index contributed by atoms with van der Waals surface area (Å²) < 4.78 is 5.59. The predicted octanol–water partition coefficient (Wildman–Crippen LogP) is 10.7. The second-order valence-electron chi connectivity index (χ2n) is 15.3. The molecule has 2 unspecified atom stereocenters. The number of carbonyl (C=O) groups is 5. The second kappa shape index (κ2) is 15.9. The maximum atomic E-state index is 14.6. The molecule has 5 aromatic carbocycles. The zero-order chi connectivity index (χ0) is 39.8. The summed E-state index contributed by atoms with van der Waals surface area (Å²) in [5.74, 6) is -1.03. The third-order valence-electron chi connectivity index (χ3n) is 12.0. The number of carbonyl (C=O) groups excluding carboxylic acids is 5. The molecule has 5 aromatic rings. The molecule has 7 rings (SSSR count). The maximum absolute atomic E-state index is 14.6. The molecule has 290 valence electrons. The first kappa shape index (κ1) is 38.7. The van der Waals surface area contributed by atoms with Gasteiger partial charge < -0.3 is 4.74 Å². The zero-order valence-electron chi connectivity index (χ0n) is 33.0. The van der Waals surface area contributed by atoms with Crippen molar-refractivity contribution in [2.75, 3.05) is 31.1 Å². The maximum Gasteiger partial charge on any atom is 0.414 e. The summed E-state index contributed by atoms with van der Waals surface area (Å²) in [5.41, 5.74) is 2.05. The number of ether oxygens (including phenoxy) is 1. The molecule has 2 heterocycles. The SMILES string of the molecule is C=CCOC(=O)N(CC=C)c1cc2c3c(ccc4c5ccc6c7c(ccc(c1c34)c75)C(=O)N(CC(CC)CCCC)C6=O)C(=O)N(CC(CC)CCCC)C2=O. The van der Waals surface area contributed by atoms with Gasteiger partial charge in [0.15, 0.2) is 0 Å². The smallest absolute Gasteiger partial charge is 0.414 e. The summed E-state index contributed by atoms with van der Waals surface area (Å²) in [7, 11) is 0. The first-order valence-corrected chi connectivity index (χ1v) is 20.3. The molecule has 2 atom stereocenters. The lowest BCUT2D eigenvalue weighted by atomic mass is 9.81. The Kier molecular flexibility index (Phi) is 11.0. The van der Waals surface area contributed by atoms with Crippen molar-refractivity contribution in [2.24, 2.45) is 11.8 Å². The van der Waals surface area contributed by atoms with Gasteiger partial charge in [0, 0.05) is 57.9 Å². The van der Waals surface area contributed by atoms with Crippen molar-refractivity contribution in [1.82, 2.24) is 9.80 Å². The molecule has 56 heavy (non-hydrogen) atoms. The summed E-state index contributed by atoms with van der Waals surface area (Å²) in [5, 5.41) is 5.30. The van der Waals surface area contributed by atoms with Crippen LogP contribution >= 0.6 is 0 Å². The van der Waals surface area contributed by atoms with Crippen LogP contribution in [-0.2, 0) is 4.74 Å². The molecule has 0 radical (unpaired) electrons. The van der Waals surface area contributed by atoms with Crippen molar-refractivity contribution in [3.63, 3.8) is 0 Å². The molecule has 0 spiro atoms. The molecule has 0 fully saturated rings. The van der Waals surface area contributed by atoms with Crippen LogP contribution in [0.25, 0.3) is 43.1 Å². The molecule has 0 bridgehead atoms. The van der Waals surface area contributed by atoms with Gasteiger partial charge >= 0.3 is 6.09 Å². The highest BCUT2D eigenvalue weighted by molar-refractivity contribution is 6.43. The Labute approximate surface area is 328 Å². The third kappa shape index (κ3) is 6.21. The molecule has 0 aliphatic carbocycles. The Morgan fingerprint density at radius 1 is 0.643 bits per heavy atom. The van der Waals surface area contributed by atoms with Crippen LogP contribution in [0.2, 0.25) is 0 Å². The Morgan fingerprint density at radius 3 is 1.61 bits per heavy atom. The van der Waals surface area contributed by atoms with Gasteiger partial charge in [-0.25, -0.2) is 4.79 Å². The topological polar surface area (TPSA) is 104 Å². The Hall–Kier alpha value is -5.57. The molecule has 2 aliphatic rings. The number of rotatable bonds is 17. The minimum absolute atomic E-state index is 0.0295. The minimum Gasteiger partial charge on any atom is -0.445 e. The number of hydrogen-bond donors (Lipinski definition) is 0. The van der Waals surface area contributed by atoms with E-state index in [9.17, 15) is 24.0 Å². The molecule has 5 amide bonds. The van der Waals surface area contributed by atoms with Crippen LogP contribution in [0.15, 0.2) is 67.8 Å². The molecular weight excluding hydrogens is 703 g/mol. The Balaban J connectivity index is 1.52. The van der Waals surface area contributed by atoms with Crippen LogP contribution in [0.3, 0.4) is 0 Å². The number of nitrogens with zero attached hydrogens (tertiary/aromatic N) is 3. The number of fused-ring (bicyclic) bond motifs is 2. The van der Waals surface area contributed by atoms with Gasteiger partial charge in [0.05, 0.1) is 11.3 Å². The van der Waals surface area contributed by atoms with Crippen LogP contribution in [0.4, 0.5) is 10.5 Å². The highest BCUT2D eigenvalue weighted by Gasteiger charge is 2.39. The molecule has 2 aliphatic heterocycles. The van der Waals surface area contributed by atoms with E-state index < -0.39 is 12.0 Å². The van der Waals surface area contributed by atoms with Crippen LogP contribution in [0.5, 0.6) is 0 Å². The van der Waals surface area contributed by atoms with Gasteiger partial charge in [0.25, 0.3) is 23.6 Å². The highest BCUT2D eigenvalue weighted by atomic mass is 16.6. The van der Waals surface area contributed by atoms with E-state index in [0.717, 1.165) is 62.1 Å². The standard InChI is InChI=1S/C47H51N3O6/c1-7-13-15-28(11-5)26-49-43(51)33-20-17-30-31-18-21-35-40-36(46(54)50(45(35)53)27-29(12-6)16-14-8-2)25-37(48(23-9-3)47(55)56-24-10-4)41(42(31)40)32-19-22-34(44(49)52)39(33)38(30)32/h9-10,17-22,25,28-29H,3-4,7-8,11-16,23-24,26-27H2,1-2,5-6H3. The van der Waals surface area contributed by atoms with Gasteiger partial charge in [-0.3, -0.25) is 33.9 Å². The number of amides is 5. The number of anilines is 1. The lowest BCUT2D eigenvalue weighted by molar-refractivity contribution is 0.0565. The van der Waals surface area contributed by atoms with Gasteiger partial charge in [0.1, 0.15) is 6.61 Å². The monoisotopic (exact) mass is 753 g/mol. The largest absolute Gasteiger partial charge is 0.445 e. The van der Waals surface area contributed by atoms with E-state index >= 15 is 0 Å². The Bertz CT molecular complexity index is 2410. The normalized spacial score (nSPS) is 15.1. The third-order valence-corrected chi connectivity index (χ3v) is 12.0. The van der Waals surface area contributed by atoms with Crippen LogP contribution in [0.1, 0.15) is 120 Å². The van der Waals surface area contributed by atoms with Gasteiger partial charge in [-0.1, -0.05) is 103 Å². The second-order valence-corrected chi connectivity index (χ2v) is 15.3. The number of unbranched alkanes of at least 4 members (excludes halogenated alkanes) is 2. The number of imide groups is 2. The average molecular weight is 754 g/mol. The van der Waals surface area contributed by atoms with Crippen LogP contribution in [-0.4, -0.2) is 65.8 Å². The van der Waals surface area contributed by atoms with Crippen molar-refractivity contribution in [2.45, 2.75) is 79.1 Å². The van der Waals surface area contributed by atoms with Crippen molar-refractivity contribution in [3.05, 3.63) is 90.0 Å². The van der Waals surface area contributed by atoms with E-state index in [1.807, 2.05) is 18.2 Å². The molecule has 0 aromatic heterocycles. The minimum atomic E-state index is -0.657. The number of benzene rings is 5. The Morgan fingerprint density at radius 2 is 1.12 bits per heavy atom. The van der Waals surface area contributed by atoms with Gasteiger partial charge in [-0.2, -0.15) is 0 Å². The fraction of sp³-hybridized carbons (Fsp3) is 0.383. The van der Waals surface area contributed by atoms with Gasteiger partial charge in [-0.05, 0) is 70.5 Å².